The lowest BCUT2D eigenvalue weighted by Gasteiger charge is -2.00. The van der Waals surface area contributed by atoms with Gasteiger partial charge in [0.25, 0.3) is 5.91 Å². The zero-order chi connectivity index (χ0) is 12.8. The fourth-order valence-electron chi connectivity index (χ4n) is 1.48. The van der Waals surface area contributed by atoms with Gasteiger partial charge in [-0.25, -0.2) is 0 Å². The minimum Gasteiger partial charge on any atom is -0.461 e. The number of furan rings is 1. The standard InChI is InChI=1S/C12H15N3O3/c13-5-1-2-6-14-12(16)9-8-11(18-15-9)10-4-3-7-17-10/h3-4,7-8H,1-2,5-6,13H2,(H,14,16). The van der Waals surface area contributed by atoms with Gasteiger partial charge in [-0.3, -0.25) is 4.79 Å². The van der Waals surface area contributed by atoms with Gasteiger partial charge >= 0.3 is 0 Å². The average Bonchev–Trinajstić information content (AvgIpc) is 3.03. The predicted octanol–water partition coefficient (Wildman–Crippen LogP) is 1.40. The summed E-state index contributed by atoms with van der Waals surface area (Å²) in [5, 5.41) is 6.44. The van der Waals surface area contributed by atoms with Crippen LogP contribution in [0.1, 0.15) is 23.3 Å². The third-order valence-electron chi connectivity index (χ3n) is 2.42. The Hall–Kier alpha value is -2.08. The number of carbonyl (C=O) groups is 1. The van der Waals surface area contributed by atoms with Crippen molar-refractivity contribution in [1.82, 2.24) is 10.5 Å². The smallest absolute Gasteiger partial charge is 0.273 e. The Balaban J connectivity index is 1.91. The number of carbonyl (C=O) groups excluding carboxylic acids is 1. The van der Waals surface area contributed by atoms with E-state index >= 15 is 0 Å². The van der Waals surface area contributed by atoms with Crippen LogP contribution in [0.25, 0.3) is 11.5 Å². The Kier molecular flexibility index (Phi) is 4.14. The average molecular weight is 249 g/mol. The van der Waals surface area contributed by atoms with E-state index < -0.39 is 0 Å². The van der Waals surface area contributed by atoms with Crippen molar-refractivity contribution in [3.63, 3.8) is 0 Å². The third kappa shape index (κ3) is 2.98. The van der Waals surface area contributed by atoms with Gasteiger partial charge in [-0.15, -0.1) is 0 Å². The molecule has 6 nitrogen and oxygen atoms in total. The van der Waals surface area contributed by atoms with Crippen LogP contribution in [0, 0.1) is 0 Å². The van der Waals surface area contributed by atoms with Gasteiger partial charge in [-0.1, -0.05) is 5.16 Å². The van der Waals surface area contributed by atoms with Gasteiger partial charge in [0.05, 0.1) is 6.26 Å². The molecule has 6 heteroatoms. The Morgan fingerprint density at radius 1 is 1.39 bits per heavy atom. The van der Waals surface area contributed by atoms with Gasteiger partial charge < -0.3 is 20.0 Å². The molecule has 0 atom stereocenters. The fraction of sp³-hybridized carbons (Fsp3) is 0.333. The maximum Gasteiger partial charge on any atom is 0.273 e. The number of hydrogen-bond donors (Lipinski definition) is 2. The third-order valence-corrected chi connectivity index (χ3v) is 2.42. The van der Waals surface area contributed by atoms with Crippen molar-refractivity contribution in [2.75, 3.05) is 13.1 Å². The second-order valence-corrected chi connectivity index (χ2v) is 3.81. The zero-order valence-electron chi connectivity index (χ0n) is 9.89. The maximum atomic E-state index is 11.7. The number of hydrogen-bond acceptors (Lipinski definition) is 5. The van der Waals surface area contributed by atoms with Crippen LogP contribution in [0.2, 0.25) is 0 Å². The lowest BCUT2D eigenvalue weighted by atomic mass is 10.3. The molecular weight excluding hydrogens is 234 g/mol. The van der Waals surface area contributed by atoms with Crippen molar-refractivity contribution in [3.8, 4) is 11.5 Å². The highest BCUT2D eigenvalue weighted by Crippen LogP contribution is 2.20. The Bertz CT molecular complexity index is 490. The molecule has 0 spiro atoms. The Labute approximate surface area is 104 Å². The summed E-state index contributed by atoms with van der Waals surface area (Å²) in [6, 6.07) is 5.03. The molecule has 0 aliphatic heterocycles. The molecule has 0 aliphatic carbocycles. The summed E-state index contributed by atoms with van der Waals surface area (Å²) < 4.78 is 10.2. The summed E-state index contributed by atoms with van der Waals surface area (Å²) >= 11 is 0. The highest BCUT2D eigenvalue weighted by molar-refractivity contribution is 5.92. The monoisotopic (exact) mass is 249 g/mol. The molecule has 1 amide bonds. The summed E-state index contributed by atoms with van der Waals surface area (Å²) in [7, 11) is 0. The second kappa shape index (κ2) is 6.02. The molecule has 96 valence electrons. The first kappa shape index (κ1) is 12.4. The number of unbranched alkanes of at least 4 members (excludes halogenated alkanes) is 1. The Morgan fingerprint density at radius 2 is 2.28 bits per heavy atom. The predicted molar refractivity (Wildman–Crippen MR) is 64.8 cm³/mol. The van der Waals surface area contributed by atoms with Gasteiger partial charge in [0.1, 0.15) is 0 Å². The first-order valence-corrected chi connectivity index (χ1v) is 5.80. The zero-order valence-corrected chi connectivity index (χ0v) is 9.89. The molecule has 0 radical (unpaired) electrons. The van der Waals surface area contributed by atoms with E-state index in [1.807, 2.05) is 0 Å². The SMILES string of the molecule is NCCCCNC(=O)c1cc(-c2ccco2)on1. The molecule has 18 heavy (non-hydrogen) atoms. The van der Waals surface area contributed by atoms with Crippen LogP contribution in [0.15, 0.2) is 33.4 Å². The van der Waals surface area contributed by atoms with E-state index in [0.29, 0.717) is 24.6 Å². The maximum absolute atomic E-state index is 11.7. The van der Waals surface area contributed by atoms with E-state index in [1.165, 1.54) is 6.26 Å². The molecule has 2 rings (SSSR count). The molecule has 0 aromatic carbocycles. The van der Waals surface area contributed by atoms with Gasteiger partial charge in [0, 0.05) is 12.6 Å². The fourth-order valence-corrected chi connectivity index (χ4v) is 1.48. The number of nitrogens with zero attached hydrogens (tertiary/aromatic N) is 1. The number of rotatable bonds is 6. The van der Waals surface area contributed by atoms with Gasteiger partial charge in [0.15, 0.2) is 11.5 Å². The van der Waals surface area contributed by atoms with Crippen molar-refractivity contribution in [3.05, 3.63) is 30.2 Å². The molecule has 2 heterocycles. The number of nitrogens with one attached hydrogen (secondary N) is 1. The highest BCUT2D eigenvalue weighted by atomic mass is 16.5. The first-order chi connectivity index (χ1) is 8.81. The summed E-state index contributed by atoms with van der Waals surface area (Å²) in [6.45, 7) is 1.21. The molecule has 3 N–H and O–H groups in total. The summed E-state index contributed by atoms with van der Waals surface area (Å²) in [5.41, 5.74) is 5.61. The van der Waals surface area contributed by atoms with Gasteiger partial charge in [0.2, 0.25) is 5.76 Å². The van der Waals surface area contributed by atoms with E-state index in [0.717, 1.165) is 12.8 Å². The first-order valence-electron chi connectivity index (χ1n) is 5.80. The molecule has 0 fully saturated rings. The van der Waals surface area contributed by atoms with Crippen LogP contribution in [0.3, 0.4) is 0 Å². The molecule has 0 saturated carbocycles. The van der Waals surface area contributed by atoms with E-state index in [-0.39, 0.29) is 11.6 Å². The lowest BCUT2D eigenvalue weighted by Crippen LogP contribution is -2.25. The molecule has 2 aromatic rings. The van der Waals surface area contributed by atoms with Crippen molar-refractivity contribution < 1.29 is 13.7 Å². The van der Waals surface area contributed by atoms with E-state index in [2.05, 4.69) is 10.5 Å². The molecule has 0 bridgehead atoms. The summed E-state index contributed by atoms with van der Waals surface area (Å²) in [4.78, 5) is 11.7. The summed E-state index contributed by atoms with van der Waals surface area (Å²) in [5.74, 6) is 0.727. The van der Waals surface area contributed by atoms with Crippen molar-refractivity contribution in [1.29, 1.82) is 0 Å². The van der Waals surface area contributed by atoms with Gasteiger partial charge in [-0.2, -0.15) is 0 Å². The van der Waals surface area contributed by atoms with Crippen molar-refractivity contribution >= 4 is 5.91 Å². The number of amides is 1. The quantitative estimate of drug-likeness (QED) is 0.755. The van der Waals surface area contributed by atoms with Crippen LogP contribution in [0.4, 0.5) is 0 Å². The van der Waals surface area contributed by atoms with Crippen molar-refractivity contribution in [2.24, 2.45) is 5.73 Å². The van der Waals surface area contributed by atoms with E-state index in [1.54, 1.807) is 18.2 Å². The van der Waals surface area contributed by atoms with Crippen LogP contribution in [-0.2, 0) is 0 Å². The largest absolute Gasteiger partial charge is 0.461 e. The molecular formula is C12H15N3O3. The van der Waals surface area contributed by atoms with E-state index in [4.69, 9.17) is 14.7 Å². The minimum atomic E-state index is -0.256. The van der Waals surface area contributed by atoms with Crippen LogP contribution < -0.4 is 11.1 Å². The highest BCUT2D eigenvalue weighted by Gasteiger charge is 2.14. The molecule has 0 saturated heterocycles. The second-order valence-electron chi connectivity index (χ2n) is 3.81. The van der Waals surface area contributed by atoms with Crippen LogP contribution >= 0.6 is 0 Å². The molecule has 0 unspecified atom stereocenters. The van der Waals surface area contributed by atoms with Crippen LogP contribution in [-0.4, -0.2) is 24.2 Å². The summed E-state index contributed by atoms with van der Waals surface area (Å²) in [6.07, 6.45) is 3.27. The number of nitrogens with two attached hydrogens (primary N) is 1. The Morgan fingerprint density at radius 3 is 3.00 bits per heavy atom. The molecule has 0 aliphatic rings. The number of aromatic nitrogens is 1. The van der Waals surface area contributed by atoms with Gasteiger partial charge in [-0.05, 0) is 31.5 Å². The molecule has 2 aromatic heterocycles. The van der Waals surface area contributed by atoms with E-state index in [9.17, 15) is 4.79 Å². The van der Waals surface area contributed by atoms with Crippen LogP contribution in [0.5, 0.6) is 0 Å². The lowest BCUT2D eigenvalue weighted by molar-refractivity contribution is 0.0944. The minimum absolute atomic E-state index is 0.245. The topological polar surface area (TPSA) is 94.3 Å². The normalized spacial score (nSPS) is 10.5. The van der Waals surface area contributed by atoms with Crippen molar-refractivity contribution in [2.45, 2.75) is 12.8 Å².